The number of hydrogen-bond acceptors (Lipinski definition) is 2. The van der Waals surface area contributed by atoms with E-state index in [2.05, 4.69) is 17.3 Å². The summed E-state index contributed by atoms with van der Waals surface area (Å²) in [7, 11) is 4.21. The molecular weight excluding hydrogens is 219 g/mol. The van der Waals surface area contributed by atoms with E-state index in [0.29, 0.717) is 0 Å². The lowest BCUT2D eigenvalue weighted by molar-refractivity contribution is 0.226. The van der Waals surface area contributed by atoms with E-state index in [9.17, 15) is 0 Å². The summed E-state index contributed by atoms with van der Waals surface area (Å²) in [6.45, 7) is 2.30. The van der Waals surface area contributed by atoms with Gasteiger partial charge >= 0.3 is 0 Å². The molecule has 1 fully saturated rings. The van der Waals surface area contributed by atoms with Gasteiger partial charge in [0.05, 0.1) is 0 Å². The summed E-state index contributed by atoms with van der Waals surface area (Å²) < 4.78 is 0. The van der Waals surface area contributed by atoms with Gasteiger partial charge in [-0.15, -0.1) is 24.8 Å². The Labute approximate surface area is 101 Å². The van der Waals surface area contributed by atoms with Gasteiger partial charge in [-0.25, -0.2) is 0 Å². The first kappa shape index (κ1) is 16.9. The highest BCUT2D eigenvalue weighted by Crippen LogP contribution is 2.23. The molecule has 0 bridgehead atoms. The highest BCUT2D eigenvalue weighted by molar-refractivity contribution is 5.85. The molecule has 4 heteroatoms. The quantitative estimate of drug-likeness (QED) is 0.763. The van der Waals surface area contributed by atoms with Crippen molar-refractivity contribution in [3.05, 3.63) is 0 Å². The molecule has 88 valence electrons. The fourth-order valence-corrected chi connectivity index (χ4v) is 2.14. The van der Waals surface area contributed by atoms with Gasteiger partial charge in [0, 0.05) is 13.2 Å². The van der Waals surface area contributed by atoms with Crippen LogP contribution < -0.4 is 5.32 Å². The highest BCUT2D eigenvalue weighted by atomic mass is 35.5. The summed E-state index contributed by atoms with van der Waals surface area (Å²) in [6.07, 6.45) is 7.28. The predicted octanol–water partition coefficient (Wildman–Crippen LogP) is 2.52. The van der Waals surface area contributed by atoms with Crippen molar-refractivity contribution in [2.75, 3.05) is 27.3 Å². The zero-order valence-electron chi connectivity index (χ0n) is 9.29. The molecule has 0 radical (unpaired) electrons. The molecule has 0 aliphatic heterocycles. The Morgan fingerprint density at radius 2 is 1.71 bits per heavy atom. The summed E-state index contributed by atoms with van der Waals surface area (Å²) in [5.74, 6) is 0.970. The number of rotatable bonds is 4. The van der Waals surface area contributed by atoms with Crippen molar-refractivity contribution >= 4 is 24.8 Å². The minimum atomic E-state index is 0. The largest absolute Gasteiger partial charge is 0.307 e. The minimum absolute atomic E-state index is 0. The van der Waals surface area contributed by atoms with Crippen LogP contribution in [0, 0.1) is 5.92 Å². The Balaban J connectivity index is 0. The van der Waals surface area contributed by atoms with Crippen molar-refractivity contribution in [3.8, 4) is 0 Å². The molecule has 0 spiro atoms. The molecule has 1 rings (SSSR count). The van der Waals surface area contributed by atoms with Gasteiger partial charge in [0.15, 0.2) is 0 Å². The van der Waals surface area contributed by atoms with Crippen LogP contribution in [0.5, 0.6) is 0 Å². The smallest absolute Gasteiger partial charge is 0.0475 e. The van der Waals surface area contributed by atoms with Crippen molar-refractivity contribution < 1.29 is 0 Å². The molecule has 1 aliphatic carbocycles. The van der Waals surface area contributed by atoms with E-state index in [0.717, 1.165) is 12.6 Å². The van der Waals surface area contributed by atoms with Crippen LogP contribution in [0.15, 0.2) is 0 Å². The first-order valence-electron chi connectivity index (χ1n) is 5.16. The lowest BCUT2D eigenvalue weighted by Crippen LogP contribution is -2.33. The molecular formula is C10H24Cl2N2. The molecule has 1 N–H and O–H groups in total. The summed E-state index contributed by atoms with van der Waals surface area (Å²) in [4.78, 5) is 2.38. The van der Waals surface area contributed by atoms with Gasteiger partial charge in [-0.3, -0.25) is 4.90 Å². The average Bonchev–Trinajstić information content (AvgIpc) is 2.06. The Hall–Kier alpha value is 0.500. The monoisotopic (exact) mass is 242 g/mol. The summed E-state index contributed by atoms with van der Waals surface area (Å²) >= 11 is 0. The van der Waals surface area contributed by atoms with E-state index in [1.54, 1.807) is 0 Å². The van der Waals surface area contributed by atoms with Crippen LogP contribution in [0.25, 0.3) is 0 Å². The summed E-state index contributed by atoms with van der Waals surface area (Å²) in [5.41, 5.74) is 0. The zero-order chi connectivity index (χ0) is 8.81. The fourth-order valence-electron chi connectivity index (χ4n) is 2.14. The first-order chi connectivity index (χ1) is 5.83. The highest BCUT2D eigenvalue weighted by Gasteiger charge is 2.14. The maximum absolute atomic E-state index is 3.18. The molecule has 0 unspecified atom stereocenters. The van der Waals surface area contributed by atoms with Gasteiger partial charge in [-0.05, 0) is 32.9 Å². The average molecular weight is 243 g/mol. The van der Waals surface area contributed by atoms with Gasteiger partial charge in [-0.2, -0.15) is 0 Å². The van der Waals surface area contributed by atoms with Crippen molar-refractivity contribution in [2.24, 2.45) is 5.92 Å². The molecule has 1 saturated carbocycles. The van der Waals surface area contributed by atoms with Crippen LogP contribution in [0.1, 0.15) is 32.1 Å². The van der Waals surface area contributed by atoms with E-state index in [1.165, 1.54) is 38.6 Å². The van der Waals surface area contributed by atoms with E-state index < -0.39 is 0 Å². The molecule has 0 aromatic carbocycles. The molecule has 1 aliphatic rings. The number of nitrogens with one attached hydrogen (secondary N) is 1. The standard InChI is InChI=1S/C10H22N2.2ClH/c1-11-9-12(2)8-10-6-4-3-5-7-10;;/h10-11H,3-9H2,1-2H3;2*1H. The molecule has 0 aromatic rings. The second kappa shape index (κ2) is 10.0. The molecule has 14 heavy (non-hydrogen) atoms. The lowest BCUT2D eigenvalue weighted by Gasteiger charge is -2.26. The van der Waals surface area contributed by atoms with Crippen LogP contribution in [-0.2, 0) is 0 Å². The number of nitrogens with zero attached hydrogens (tertiary/aromatic N) is 1. The fraction of sp³-hybridized carbons (Fsp3) is 1.00. The van der Waals surface area contributed by atoms with Crippen LogP contribution in [0.2, 0.25) is 0 Å². The molecule has 2 nitrogen and oxygen atoms in total. The normalized spacial score (nSPS) is 17.4. The Kier molecular flexibility index (Phi) is 12.1. The van der Waals surface area contributed by atoms with E-state index in [1.807, 2.05) is 7.05 Å². The van der Waals surface area contributed by atoms with E-state index >= 15 is 0 Å². The van der Waals surface area contributed by atoms with Crippen molar-refractivity contribution in [1.29, 1.82) is 0 Å². The number of halogens is 2. The molecule has 0 heterocycles. The molecule has 0 aromatic heterocycles. The Morgan fingerprint density at radius 1 is 1.14 bits per heavy atom. The van der Waals surface area contributed by atoms with Gasteiger partial charge in [0.25, 0.3) is 0 Å². The van der Waals surface area contributed by atoms with Gasteiger partial charge in [0.1, 0.15) is 0 Å². The van der Waals surface area contributed by atoms with Gasteiger partial charge < -0.3 is 5.32 Å². The summed E-state index contributed by atoms with van der Waals surface area (Å²) in [6, 6.07) is 0. The second-order valence-corrected chi connectivity index (χ2v) is 4.05. The third-order valence-electron chi connectivity index (χ3n) is 2.72. The molecule has 0 saturated heterocycles. The van der Waals surface area contributed by atoms with Crippen molar-refractivity contribution in [1.82, 2.24) is 10.2 Å². The Bertz CT molecular complexity index is 117. The third-order valence-corrected chi connectivity index (χ3v) is 2.72. The Morgan fingerprint density at radius 3 is 2.21 bits per heavy atom. The maximum Gasteiger partial charge on any atom is 0.0475 e. The van der Waals surface area contributed by atoms with Crippen LogP contribution in [0.3, 0.4) is 0 Å². The van der Waals surface area contributed by atoms with Gasteiger partial charge in [-0.1, -0.05) is 19.3 Å². The number of hydrogen-bond donors (Lipinski definition) is 1. The van der Waals surface area contributed by atoms with Crippen LogP contribution in [0.4, 0.5) is 0 Å². The molecule has 0 atom stereocenters. The lowest BCUT2D eigenvalue weighted by atomic mass is 9.89. The van der Waals surface area contributed by atoms with E-state index in [-0.39, 0.29) is 24.8 Å². The molecule has 0 amide bonds. The second-order valence-electron chi connectivity index (χ2n) is 4.05. The third kappa shape index (κ3) is 6.88. The van der Waals surface area contributed by atoms with Crippen LogP contribution >= 0.6 is 24.8 Å². The zero-order valence-corrected chi connectivity index (χ0v) is 10.9. The topological polar surface area (TPSA) is 15.3 Å². The SMILES string of the molecule is CNCN(C)CC1CCCCC1.Cl.Cl. The summed E-state index contributed by atoms with van der Waals surface area (Å²) in [5, 5.41) is 3.18. The van der Waals surface area contributed by atoms with Crippen molar-refractivity contribution in [2.45, 2.75) is 32.1 Å². The van der Waals surface area contributed by atoms with E-state index in [4.69, 9.17) is 0 Å². The van der Waals surface area contributed by atoms with Crippen molar-refractivity contribution in [3.63, 3.8) is 0 Å². The van der Waals surface area contributed by atoms with Crippen LogP contribution in [-0.4, -0.2) is 32.2 Å². The minimum Gasteiger partial charge on any atom is -0.307 e. The predicted molar refractivity (Wildman–Crippen MR) is 67.6 cm³/mol. The first-order valence-corrected chi connectivity index (χ1v) is 5.16. The maximum atomic E-state index is 3.18. The van der Waals surface area contributed by atoms with Gasteiger partial charge in [0.2, 0.25) is 0 Å².